The lowest BCUT2D eigenvalue weighted by Crippen LogP contribution is -1.82. The zero-order chi connectivity index (χ0) is 8.97. The second-order valence-corrected chi connectivity index (χ2v) is 3.91. The van der Waals surface area contributed by atoms with Crippen LogP contribution in [-0.2, 0) is 11.3 Å². The summed E-state index contributed by atoms with van der Waals surface area (Å²) in [5.41, 5.74) is 0.965. The molecule has 62 valence electrons. The normalized spacial score (nSPS) is 9.17. The van der Waals surface area contributed by atoms with Gasteiger partial charge in [-0.2, -0.15) is 0 Å². The molecule has 0 heterocycles. The van der Waals surface area contributed by atoms with Crippen LogP contribution >= 0.6 is 31.9 Å². The molecule has 0 fully saturated rings. The van der Waals surface area contributed by atoms with Crippen LogP contribution in [0.4, 0.5) is 0 Å². The first-order valence-corrected chi connectivity index (χ1v) is 4.80. The minimum absolute atomic E-state index is 0.365. The van der Waals surface area contributed by atoms with Gasteiger partial charge in [0, 0.05) is 8.95 Å². The Kier molecular flexibility index (Phi) is 3.66. The van der Waals surface area contributed by atoms with E-state index in [1.165, 1.54) is 6.08 Å². The molecule has 0 spiro atoms. The summed E-state index contributed by atoms with van der Waals surface area (Å²) in [6.07, 6.45) is 1.50. The molecule has 2 nitrogen and oxygen atoms in total. The van der Waals surface area contributed by atoms with Crippen molar-refractivity contribution in [1.82, 2.24) is 0 Å². The number of hydrogen-bond acceptors (Lipinski definition) is 2. The van der Waals surface area contributed by atoms with Crippen molar-refractivity contribution in [2.24, 2.45) is 4.99 Å². The molecule has 0 aliphatic rings. The van der Waals surface area contributed by atoms with E-state index in [9.17, 15) is 4.79 Å². The number of isocyanates is 1. The number of rotatable bonds is 2. The van der Waals surface area contributed by atoms with Crippen LogP contribution < -0.4 is 0 Å². The lowest BCUT2D eigenvalue weighted by atomic mass is 10.2. The second kappa shape index (κ2) is 4.55. The van der Waals surface area contributed by atoms with Gasteiger partial charge in [-0.15, -0.1) is 0 Å². The molecular formula is C8H5Br2NO. The van der Waals surface area contributed by atoms with E-state index in [2.05, 4.69) is 36.9 Å². The van der Waals surface area contributed by atoms with E-state index in [1.807, 2.05) is 18.2 Å². The number of hydrogen-bond donors (Lipinski definition) is 0. The molecule has 0 radical (unpaired) electrons. The topological polar surface area (TPSA) is 29.4 Å². The smallest absolute Gasteiger partial charge is 0.211 e. The predicted molar refractivity (Wildman–Crippen MR) is 53.7 cm³/mol. The highest BCUT2D eigenvalue weighted by atomic mass is 79.9. The van der Waals surface area contributed by atoms with Gasteiger partial charge in [-0.1, -0.05) is 31.9 Å². The summed E-state index contributed by atoms with van der Waals surface area (Å²) in [6, 6.07) is 5.73. The van der Waals surface area contributed by atoms with Gasteiger partial charge in [-0.05, 0) is 23.8 Å². The first kappa shape index (κ1) is 9.65. The van der Waals surface area contributed by atoms with Gasteiger partial charge < -0.3 is 0 Å². The van der Waals surface area contributed by atoms with Crippen molar-refractivity contribution in [3.8, 4) is 0 Å². The molecule has 0 amide bonds. The monoisotopic (exact) mass is 289 g/mol. The molecule has 0 saturated carbocycles. The maximum atomic E-state index is 9.86. The van der Waals surface area contributed by atoms with Crippen LogP contribution in [0, 0.1) is 0 Å². The second-order valence-electron chi connectivity index (χ2n) is 2.14. The van der Waals surface area contributed by atoms with Crippen LogP contribution in [0.3, 0.4) is 0 Å². The van der Waals surface area contributed by atoms with Gasteiger partial charge in [0.1, 0.15) is 0 Å². The Balaban J connectivity index is 2.96. The minimum atomic E-state index is 0.365. The van der Waals surface area contributed by atoms with E-state index in [-0.39, 0.29) is 0 Å². The fourth-order valence-corrected chi connectivity index (χ4v) is 1.56. The van der Waals surface area contributed by atoms with Crippen molar-refractivity contribution in [3.05, 3.63) is 32.7 Å². The molecule has 1 aromatic rings. The molecule has 0 bridgehead atoms. The van der Waals surface area contributed by atoms with Gasteiger partial charge >= 0.3 is 0 Å². The molecule has 0 saturated heterocycles. The first-order valence-electron chi connectivity index (χ1n) is 3.21. The fourth-order valence-electron chi connectivity index (χ4n) is 0.782. The number of halogens is 2. The van der Waals surface area contributed by atoms with Crippen LogP contribution in [-0.4, -0.2) is 6.08 Å². The summed E-state index contributed by atoms with van der Waals surface area (Å²) in [5, 5.41) is 0. The predicted octanol–water partition coefficient (Wildman–Crippen LogP) is 3.05. The van der Waals surface area contributed by atoms with E-state index in [0.29, 0.717) is 6.54 Å². The van der Waals surface area contributed by atoms with E-state index in [4.69, 9.17) is 0 Å². The average molecular weight is 291 g/mol. The van der Waals surface area contributed by atoms with E-state index >= 15 is 0 Å². The first-order chi connectivity index (χ1) is 5.74. The molecule has 0 atom stereocenters. The van der Waals surface area contributed by atoms with Crippen LogP contribution in [0.15, 0.2) is 32.1 Å². The molecule has 0 unspecified atom stereocenters. The standard InChI is InChI=1S/C8H5Br2NO/c9-7-1-2-8(10)6(3-7)4-11-5-12/h1-3H,4H2. The van der Waals surface area contributed by atoms with Gasteiger partial charge in [-0.25, -0.2) is 9.79 Å². The van der Waals surface area contributed by atoms with Crippen molar-refractivity contribution in [2.45, 2.75) is 6.54 Å². The third-order valence-electron chi connectivity index (χ3n) is 1.32. The summed E-state index contributed by atoms with van der Waals surface area (Å²) in [5.74, 6) is 0. The van der Waals surface area contributed by atoms with Crippen LogP contribution in [0.5, 0.6) is 0 Å². The number of nitrogens with zero attached hydrogens (tertiary/aromatic N) is 1. The highest BCUT2D eigenvalue weighted by molar-refractivity contribution is 9.11. The molecule has 1 aromatic carbocycles. The Bertz CT molecular complexity index is 332. The number of carbonyl (C=O) groups excluding carboxylic acids is 1. The van der Waals surface area contributed by atoms with E-state index < -0.39 is 0 Å². The fraction of sp³-hybridized carbons (Fsp3) is 0.125. The van der Waals surface area contributed by atoms with Gasteiger partial charge in [0.05, 0.1) is 6.54 Å². The van der Waals surface area contributed by atoms with Gasteiger partial charge in [0.25, 0.3) is 0 Å². The Morgan fingerprint density at radius 1 is 1.42 bits per heavy atom. The molecule has 12 heavy (non-hydrogen) atoms. The number of benzene rings is 1. The van der Waals surface area contributed by atoms with Crippen LogP contribution in [0.1, 0.15) is 5.56 Å². The molecule has 0 aromatic heterocycles. The third-order valence-corrected chi connectivity index (χ3v) is 2.59. The molecule has 0 aliphatic heterocycles. The third kappa shape index (κ3) is 2.55. The van der Waals surface area contributed by atoms with Gasteiger partial charge in [-0.3, -0.25) is 0 Å². The Morgan fingerprint density at radius 3 is 2.83 bits per heavy atom. The minimum Gasteiger partial charge on any atom is -0.211 e. The highest BCUT2D eigenvalue weighted by Gasteiger charge is 1.98. The maximum absolute atomic E-state index is 9.86. The Hall–Kier alpha value is -0.440. The summed E-state index contributed by atoms with van der Waals surface area (Å²) in [4.78, 5) is 13.3. The largest absolute Gasteiger partial charge is 0.235 e. The SMILES string of the molecule is O=C=NCc1cc(Br)ccc1Br. The quantitative estimate of drug-likeness (QED) is 0.608. The van der Waals surface area contributed by atoms with Crippen LogP contribution in [0.25, 0.3) is 0 Å². The molecule has 0 N–H and O–H groups in total. The lowest BCUT2D eigenvalue weighted by Gasteiger charge is -1.99. The summed E-state index contributed by atoms with van der Waals surface area (Å²) in [7, 11) is 0. The Morgan fingerprint density at radius 2 is 2.17 bits per heavy atom. The summed E-state index contributed by atoms with van der Waals surface area (Å²) in [6.45, 7) is 0.365. The summed E-state index contributed by atoms with van der Waals surface area (Å²) >= 11 is 6.68. The molecule has 1 rings (SSSR count). The highest BCUT2D eigenvalue weighted by Crippen LogP contribution is 2.21. The average Bonchev–Trinajstić information content (AvgIpc) is 2.07. The number of aliphatic imine (C=N–C) groups is 1. The van der Waals surface area contributed by atoms with E-state index in [0.717, 1.165) is 14.5 Å². The zero-order valence-electron chi connectivity index (χ0n) is 6.05. The van der Waals surface area contributed by atoms with Crippen molar-refractivity contribution < 1.29 is 4.79 Å². The maximum Gasteiger partial charge on any atom is 0.235 e. The molecule has 4 heteroatoms. The Labute approximate surface area is 87.0 Å². The lowest BCUT2D eigenvalue weighted by molar-refractivity contribution is 0.562. The van der Waals surface area contributed by atoms with Crippen molar-refractivity contribution in [3.63, 3.8) is 0 Å². The van der Waals surface area contributed by atoms with E-state index in [1.54, 1.807) is 0 Å². The molecule has 0 aliphatic carbocycles. The van der Waals surface area contributed by atoms with Crippen molar-refractivity contribution in [1.29, 1.82) is 0 Å². The van der Waals surface area contributed by atoms with Crippen molar-refractivity contribution >= 4 is 37.9 Å². The van der Waals surface area contributed by atoms with Gasteiger partial charge in [0.15, 0.2) is 0 Å². The molecular weight excluding hydrogens is 286 g/mol. The van der Waals surface area contributed by atoms with Crippen molar-refractivity contribution in [2.75, 3.05) is 0 Å². The zero-order valence-corrected chi connectivity index (χ0v) is 9.22. The van der Waals surface area contributed by atoms with Gasteiger partial charge in [0.2, 0.25) is 6.08 Å². The summed E-state index contributed by atoms with van der Waals surface area (Å²) < 4.78 is 1.92. The van der Waals surface area contributed by atoms with Crippen LogP contribution in [0.2, 0.25) is 0 Å².